The van der Waals surface area contributed by atoms with Crippen LogP contribution >= 0.6 is 0 Å². The van der Waals surface area contributed by atoms with E-state index < -0.39 is 0 Å². The minimum atomic E-state index is -0.244. The van der Waals surface area contributed by atoms with E-state index in [2.05, 4.69) is 10.1 Å². The number of hydrogen-bond acceptors (Lipinski definition) is 5. The SMILES string of the molecule is COC(=O)CNCCC1CCN(C(=O)OCc2ccccc2)CC1. The molecule has 6 heteroatoms. The molecule has 2 rings (SSSR count). The standard InChI is InChI=1S/C18H26N2O4/c1-23-17(21)13-19-10-7-15-8-11-20(12-9-15)18(22)24-14-16-5-3-2-4-6-16/h2-6,15,19H,7-14H2,1H3. The minimum Gasteiger partial charge on any atom is -0.468 e. The largest absolute Gasteiger partial charge is 0.468 e. The quantitative estimate of drug-likeness (QED) is 0.611. The fourth-order valence-corrected chi connectivity index (χ4v) is 2.78. The summed E-state index contributed by atoms with van der Waals surface area (Å²) in [5.74, 6) is 0.333. The zero-order valence-electron chi connectivity index (χ0n) is 14.2. The highest BCUT2D eigenvalue weighted by molar-refractivity contribution is 5.71. The number of nitrogens with one attached hydrogen (secondary N) is 1. The molecule has 0 radical (unpaired) electrons. The topological polar surface area (TPSA) is 67.9 Å². The average molecular weight is 334 g/mol. The molecule has 1 aromatic carbocycles. The number of esters is 1. The second-order valence-corrected chi connectivity index (χ2v) is 6.01. The molecule has 0 aliphatic carbocycles. The van der Waals surface area contributed by atoms with Crippen molar-refractivity contribution in [1.82, 2.24) is 10.2 Å². The zero-order valence-corrected chi connectivity index (χ0v) is 14.2. The number of amides is 1. The van der Waals surface area contributed by atoms with Crippen molar-refractivity contribution in [1.29, 1.82) is 0 Å². The molecular formula is C18H26N2O4. The van der Waals surface area contributed by atoms with Gasteiger partial charge in [-0.15, -0.1) is 0 Å². The van der Waals surface area contributed by atoms with Crippen LogP contribution in [-0.4, -0.2) is 50.3 Å². The first-order valence-electron chi connectivity index (χ1n) is 8.42. The summed E-state index contributed by atoms with van der Waals surface area (Å²) in [6.07, 6.45) is 2.71. The monoisotopic (exact) mass is 334 g/mol. The van der Waals surface area contributed by atoms with Gasteiger partial charge in [0.05, 0.1) is 13.7 Å². The molecule has 0 spiro atoms. The Balaban J connectivity index is 1.60. The van der Waals surface area contributed by atoms with Crippen LogP contribution in [0.5, 0.6) is 0 Å². The summed E-state index contributed by atoms with van der Waals surface area (Å²) in [4.78, 5) is 24.9. The highest BCUT2D eigenvalue weighted by atomic mass is 16.6. The summed E-state index contributed by atoms with van der Waals surface area (Å²) in [5, 5.41) is 3.08. The number of rotatable bonds is 7. The maximum Gasteiger partial charge on any atom is 0.410 e. The number of hydrogen-bond donors (Lipinski definition) is 1. The van der Waals surface area contributed by atoms with Crippen LogP contribution in [0, 0.1) is 5.92 Å². The lowest BCUT2D eigenvalue weighted by atomic mass is 9.94. The fraction of sp³-hybridized carbons (Fsp3) is 0.556. The van der Waals surface area contributed by atoms with Crippen LogP contribution in [0.15, 0.2) is 30.3 Å². The highest BCUT2D eigenvalue weighted by Crippen LogP contribution is 2.20. The summed E-state index contributed by atoms with van der Waals surface area (Å²) in [6, 6.07) is 9.70. The fourth-order valence-electron chi connectivity index (χ4n) is 2.78. The molecule has 1 amide bonds. The van der Waals surface area contributed by atoms with Crippen LogP contribution in [0.4, 0.5) is 4.79 Å². The lowest BCUT2D eigenvalue weighted by Gasteiger charge is -2.31. The van der Waals surface area contributed by atoms with Crippen molar-refractivity contribution >= 4 is 12.1 Å². The van der Waals surface area contributed by atoms with E-state index in [0.29, 0.717) is 12.5 Å². The maximum atomic E-state index is 12.1. The highest BCUT2D eigenvalue weighted by Gasteiger charge is 2.23. The Morgan fingerprint density at radius 1 is 1.21 bits per heavy atom. The third kappa shape index (κ3) is 6.20. The molecule has 1 aliphatic rings. The average Bonchev–Trinajstić information content (AvgIpc) is 2.64. The first-order chi connectivity index (χ1) is 11.7. The van der Waals surface area contributed by atoms with Crippen molar-refractivity contribution in [2.45, 2.75) is 25.9 Å². The van der Waals surface area contributed by atoms with Crippen LogP contribution in [0.25, 0.3) is 0 Å². The second-order valence-electron chi connectivity index (χ2n) is 6.01. The van der Waals surface area contributed by atoms with Gasteiger partial charge in [-0.2, -0.15) is 0 Å². The Morgan fingerprint density at radius 3 is 2.58 bits per heavy atom. The van der Waals surface area contributed by atoms with Gasteiger partial charge in [-0.1, -0.05) is 30.3 Å². The Bertz CT molecular complexity index is 513. The molecule has 132 valence electrons. The first kappa shape index (κ1) is 18.3. The Hall–Kier alpha value is -2.08. The number of methoxy groups -OCH3 is 1. The van der Waals surface area contributed by atoms with E-state index in [4.69, 9.17) is 4.74 Å². The van der Waals surface area contributed by atoms with Gasteiger partial charge in [0.15, 0.2) is 0 Å². The Labute approximate surface area is 143 Å². The van der Waals surface area contributed by atoms with Crippen molar-refractivity contribution in [2.75, 3.05) is 33.3 Å². The summed E-state index contributed by atoms with van der Waals surface area (Å²) in [7, 11) is 1.39. The summed E-state index contributed by atoms with van der Waals surface area (Å²) in [5.41, 5.74) is 0.998. The minimum absolute atomic E-state index is 0.235. The van der Waals surface area contributed by atoms with Crippen molar-refractivity contribution < 1.29 is 19.1 Å². The van der Waals surface area contributed by atoms with Crippen LogP contribution in [-0.2, 0) is 20.9 Å². The molecule has 1 saturated heterocycles. The van der Waals surface area contributed by atoms with Crippen molar-refractivity contribution in [3.05, 3.63) is 35.9 Å². The Kier molecular flexibility index (Phi) is 7.55. The molecular weight excluding hydrogens is 308 g/mol. The summed E-state index contributed by atoms with van der Waals surface area (Å²) >= 11 is 0. The van der Waals surface area contributed by atoms with Gasteiger partial charge in [0.1, 0.15) is 6.61 Å². The summed E-state index contributed by atoms with van der Waals surface area (Å²) < 4.78 is 9.94. The number of ether oxygens (including phenoxy) is 2. The number of carbonyl (C=O) groups is 2. The predicted octanol–water partition coefficient (Wildman–Crippen LogP) is 2.19. The molecule has 1 fully saturated rings. The van der Waals surface area contributed by atoms with Crippen molar-refractivity contribution in [2.24, 2.45) is 5.92 Å². The van der Waals surface area contributed by atoms with E-state index in [-0.39, 0.29) is 18.6 Å². The van der Waals surface area contributed by atoms with E-state index >= 15 is 0 Å². The van der Waals surface area contributed by atoms with Crippen LogP contribution < -0.4 is 5.32 Å². The molecule has 0 bridgehead atoms. The third-order valence-electron chi connectivity index (χ3n) is 4.30. The number of benzene rings is 1. The van der Waals surface area contributed by atoms with E-state index in [1.807, 2.05) is 30.3 Å². The molecule has 1 heterocycles. The van der Waals surface area contributed by atoms with Crippen LogP contribution in [0.1, 0.15) is 24.8 Å². The first-order valence-corrected chi connectivity index (χ1v) is 8.42. The van der Waals surface area contributed by atoms with Gasteiger partial charge in [-0.25, -0.2) is 4.79 Å². The molecule has 1 aromatic rings. The Morgan fingerprint density at radius 2 is 1.92 bits per heavy atom. The number of nitrogens with zero attached hydrogens (tertiary/aromatic N) is 1. The van der Waals surface area contributed by atoms with E-state index in [9.17, 15) is 9.59 Å². The molecule has 0 aromatic heterocycles. The van der Waals surface area contributed by atoms with Gasteiger partial charge < -0.3 is 19.7 Å². The van der Waals surface area contributed by atoms with Gasteiger partial charge in [0, 0.05) is 13.1 Å². The molecule has 1 aliphatic heterocycles. The summed E-state index contributed by atoms with van der Waals surface area (Å²) in [6.45, 7) is 2.82. The van der Waals surface area contributed by atoms with E-state index in [0.717, 1.165) is 44.5 Å². The molecule has 1 N–H and O–H groups in total. The van der Waals surface area contributed by atoms with Crippen LogP contribution in [0.3, 0.4) is 0 Å². The van der Waals surface area contributed by atoms with Crippen molar-refractivity contribution in [3.63, 3.8) is 0 Å². The lowest BCUT2D eigenvalue weighted by Crippen LogP contribution is -2.39. The normalized spacial score (nSPS) is 15.1. The van der Waals surface area contributed by atoms with Crippen LogP contribution in [0.2, 0.25) is 0 Å². The van der Waals surface area contributed by atoms with Gasteiger partial charge in [0.2, 0.25) is 0 Å². The lowest BCUT2D eigenvalue weighted by molar-refractivity contribution is -0.139. The van der Waals surface area contributed by atoms with E-state index in [1.165, 1.54) is 7.11 Å². The molecule has 0 unspecified atom stereocenters. The zero-order chi connectivity index (χ0) is 17.2. The van der Waals surface area contributed by atoms with E-state index in [1.54, 1.807) is 4.90 Å². The smallest absolute Gasteiger partial charge is 0.410 e. The van der Waals surface area contributed by atoms with Gasteiger partial charge in [0.25, 0.3) is 0 Å². The predicted molar refractivity (Wildman–Crippen MR) is 90.4 cm³/mol. The number of piperidine rings is 1. The van der Waals surface area contributed by atoms with Crippen molar-refractivity contribution in [3.8, 4) is 0 Å². The van der Waals surface area contributed by atoms with Gasteiger partial charge >= 0.3 is 12.1 Å². The molecule has 6 nitrogen and oxygen atoms in total. The van der Waals surface area contributed by atoms with Gasteiger partial charge in [-0.3, -0.25) is 4.79 Å². The molecule has 0 saturated carbocycles. The third-order valence-corrected chi connectivity index (χ3v) is 4.30. The molecule has 0 atom stereocenters. The number of carbonyl (C=O) groups excluding carboxylic acids is 2. The second kappa shape index (κ2) is 9.93. The maximum absolute atomic E-state index is 12.1. The number of likely N-dealkylation sites (tertiary alicyclic amines) is 1. The van der Waals surface area contributed by atoms with Gasteiger partial charge in [-0.05, 0) is 37.3 Å². The molecule has 24 heavy (non-hydrogen) atoms.